The number of rotatable bonds is 0. The van der Waals surface area contributed by atoms with Crippen molar-refractivity contribution < 1.29 is 4.79 Å². The third-order valence-corrected chi connectivity index (χ3v) is 2.01. The number of ketones is 1. The second kappa shape index (κ2) is 2.08. The Labute approximate surface area is 63.8 Å². The van der Waals surface area contributed by atoms with Crippen molar-refractivity contribution in [2.75, 3.05) is 5.73 Å². The molecule has 0 saturated carbocycles. The standard InChI is InChI=1S/C7H9N3O/c8-7-5-2-1-4(11)3-6(5)9-10-7/h1-3H2,(H3,8,9,10). The van der Waals surface area contributed by atoms with Crippen LogP contribution >= 0.6 is 0 Å². The summed E-state index contributed by atoms with van der Waals surface area (Å²) in [6, 6.07) is 0. The lowest BCUT2D eigenvalue weighted by atomic mass is 9.97. The fourth-order valence-electron chi connectivity index (χ4n) is 1.39. The van der Waals surface area contributed by atoms with E-state index in [1.807, 2.05) is 0 Å². The number of nitrogens with two attached hydrogens (primary N) is 1. The molecule has 0 fully saturated rings. The number of aromatic nitrogens is 2. The summed E-state index contributed by atoms with van der Waals surface area (Å²) in [5, 5.41) is 6.59. The minimum Gasteiger partial charge on any atom is -0.382 e. The van der Waals surface area contributed by atoms with Crippen LogP contribution in [0.15, 0.2) is 0 Å². The van der Waals surface area contributed by atoms with Gasteiger partial charge in [0.15, 0.2) is 0 Å². The first-order chi connectivity index (χ1) is 5.27. The largest absolute Gasteiger partial charge is 0.382 e. The molecule has 4 nitrogen and oxygen atoms in total. The lowest BCUT2D eigenvalue weighted by Gasteiger charge is -2.08. The molecule has 1 aliphatic carbocycles. The highest BCUT2D eigenvalue weighted by Crippen LogP contribution is 2.21. The van der Waals surface area contributed by atoms with E-state index in [0.717, 1.165) is 17.7 Å². The van der Waals surface area contributed by atoms with E-state index < -0.39 is 0 Å². The molecule has 1 aromatic rings. The highest BCUT2D eigenvalue weighted by atomic mass is 16.1. The zero-order chi connectivity index (χ0) is 7.84. The van der Waals surface area contributed by atoms with Crippen molar-refractivity contribution in [3.63, 3.8) is 0 Å². The number of H-pyrrole nitrogens is 1. The lowest BCUT2D eigenvalue weighted by molar-refractivity contribution is -0.118. The van der Waals surface area contributed by atoms with Crippen LogP contribution < -0.4 is 5.73 Å². The Balaban J connectivity index is 2.44. The van der Waals surface area contributed by atoms with Crippen LogP contribution in [0.2, 0.25) is 0 Å². The number of carbonyl (C=O) groups excluding carboxylic acids is 1. The summed E-state index contributed by atoms with van der Waals surface area (Å²) in [5.41, 5.74) is 7.49. The van der Waals surface area contributed by atoms with Gasteiger partial charge in [0.2, 0.25) is 0 Å². The number of hydrogen-bond acceptors (Lipinski definition) is 3. The van der Waals surface area contributed by atoms with Gasteiger partial charge in [0.1, 0.15) is 11.6 Å². The quantitative estimate of drug-likeness (QED) is 0.550. The molecule has 0 bridgehead atoms. The maximum atomic E-state index is 10.9. The van der Waals surface area contributed by atoms with Crippen LogP contribution in [0.1, 0.15) is 17.7 Å². The van der Waals surface area contributed by atoms with Crippen molar-refractivity contribution in [1.82, 2.24) is 10.2 Å². The van der Waals surface area contributed by atoms with Gasteiger partial charge in [0.05, 0.1) is 0 Å². The predicted octanol–water partition coefficient (Wildman–Crippen LogP) is 0.0497. The summed E-state index contributed by atoms with van der Waals surface area (Å²) in [6.45, 7) is 0. The van der Waals surface area contributed by atoms with Crippen molar-refractivity contribution in [1.29, 1.82) is 0 Å². The highest BCUT2D eigenvalue weighted by molar-refractivity contribution is 5.83. The minimum atomic E-state index is 0.265. The molecule has 0 aromatic carbocycles. The summed E-state index contributed by atoms with van der Waals surface area (Å²) >= 11 is 0. The summed E-state index contributed by atoms with van der Waals surface area (Å²) in [5.74, 6) is 0.814. The minimum absolute atomic E-state index is 0.265. The van der Waals surface area contributed by atoms with Gasteiger partial charge in [-0.2, -0.15) is 5.10 Å². The third kappa shape index (κ3) is 0.906. The summed E-state index contributed by atoms with van der Waals surface area (Å²) in [6.07, 6.45) is 1.83. The molecule has 58 valence electrons. The van der Waals surface area contributed by atoms with Gasteiger partial charge in [-0.15, -0.1) is 0 Å². The van der Waals surface area contributed by atoms with Gasteiger partial charge in [-0.3, -0.25) is 9.89 Å². The normalized spacial score (nSPS) is 16.5. The fraction of sp³-hybridized carbons (Fsp3) is 0.429. The number of Topliss-reactive ketones (excluding diaryl/α,β-unsaturated/α-hetero) is 1. The molecular weight excluding hydrogens is 142 g/mol. The number of carbonyl (C=O) groups is 1. The highest BCUT2D eigenvalue weighted by Gasteiger charge is 2.19. The van der Waals surface area contributed by atoms with E-state index in [1.54, 1.807) is 0 Å². The van der Waals surface area contributed by atoms with E-state index in [0.29, 0.717) is 18.7 Å². The lowest BCUT2D eigenvalue weighted by Crippen LogP contribution is -2.12. The van der Waals surface area contributed by atoms with Gasteiger partial charge in [-0.1, -0.05) is 0 Å². The first-order valence-corrected chi connectivity index (χ1v) is 3.60. The van der Waals surface area contributed by atoms with E-state index in [-0.39, 0.29) is 5.78 Å². The Morgan fingerprint density at radius 3 is 3.09 bits per heavy atom. The van der Waals surface area contributed by atoms with Crippen LogP contribution in [0.25, 0.3) is 0 Å². The predicted molar refractivity (Wildman–Crippen MR) is 40.0 cm³/mol. The molecule has 0 amide bonds. The number of nitrogen functional groups attached to an aromatic ring is 1. The maximum Gasteiger partial charge on any atom is 0.148 e. The SMILES string of the molecule is Nc1n[nH]c2c1CCC(=O)C2. The molecule has 4 heteroatoms. The van der Waals surface area contributed by atoms with Gasteiger partial charge in [-0.25, -0.2) is 0 Å². The first kappa shape index (κ1) is 6.39. The zero-order valence-corrected chi connectivity index (χ0v) is 6.05. The molecule has 1 aliphatic rings. The molecule has 11 heavy (non-hydrogen) atoms. The van der Waals surface area contributed by atoms with Crippen molar-refractivity contribution in [2.24, 2.45) is 0 Å². The number of anilines is 1. The van der Waals surface area contributed by atoms with Crippen molar-refractivity contribution in [3.8, 4) is 0 Å². The van der Waals surface area contributed by atoms with Crippen molar-refractivity contribution in [2.45, 2.75) is 19.3 Å². The molecule has 0 radical (unpaired) electrons. The van der Waals surface area contributed by atoms with E-state index in [2.05, 4.69) is 10.2 Å². The Bertz CT molecular complexity index is 303. The topological polar surface area (TPSA) is 71.8 Å². The van der Waals surface area contributed by atoms with Crippen molar-refractivity contribution in [3.05, 3.63) is 11.3 Å². The average molecular weight is 151 g/mol. The van der Waals surface area contributed by atoms with E-state index >= 15 is 0 Å². The number of fused-ring (bicyclic) bond motifs is 1. The second-order valence-electron chi connectivity index (χ2n) is 2.78. The molecule has 0 spiro atoms. The van der Waals surface area contributed by atoms with Gasteiger partial charge in [0.25, 0.3) is 0 Å². The molecule has 0 unspecified atom stereocenters. The van der Waals surface area contributed by atoms with Gasteiger partial charge in [-0.05, 0) is 6.42 Å². The Kier molecular flexibility index (Phi) is 1.21. The summed E-state index contributed by atoms with van der Waals surface area (Å²) in [7, 11) is 0. The molecular formula is C7H9N3O. The van der Waals surface area contributed by atoms with Crippen LogP contribution in [0.4, 0.5) is 5.82 Å². The second-order valence-corrected chi connectivity index (χ2v) is 2.78. The van der Waals surface area contributed by atoms with Crippen LogP contribution in [-0.2, 0) is 17.6 Å². The average Bonchev–Trinajstić information content (AvgIpc) is 2.32. The fourth-order valence-corrected chi connectivity index (χ4v) is 1.39. The smallest absolute Gasteiger partial charge is 0.148 e. The van der Waals surface area contributed by atoms with E-state index in [4.69, 9.17) is 5.73 Å². The monoisotopic (exact) mass is 151 g/mol. The zero-order valence-electron chi connectivity index (χ0n) is 6.05. The Morgan fingerprint density at radius 1 is 1.45 bits per heavy atom. The molecule has 3 N–H and O–H groups in total. The van der Waals surface area contributed by atoms with Crippen LogP contribution in [0.5, 0.6) is 0 Å². The molecule has 0 saturated heterocycles. The van der Waals surface area contributed by atoms with Crippen LogP contribution in [0, 0.1) is 0 Å². The molecule has 1 heterocycles. The summed E-state index contributed by atoms with van der Waals surface area (Å²) in [4.78, 5) is 10.9. The molecule has 0 atom stereocenters. The van der Waals surface area contributed by atoms with Crippen LogP contribution in [0.3, 0.4) is 0 Å². The number of hydrogen-bond donors (Lipinski definition) is 2. The van der Waals surface area contributed by atoms with Gasteiger partial charge < -0.3 is 5.73 Å². The number of aromatic amines is 1. The van der Waals surface area contributed by atoms with Gasteiger partial charge in [0, 0.05) is 24.1 Å². The molecule has 0 aliphatic heterocycles. The first-order valence-electron chi connectivity index (χ1n) is 3.60. The van der Waals surface area contributed by atoms with E-state index in [1.165, 1.54) is 0 Å². The third-order valence-electron chi connectivity index (χ3n) is 2.01. The van der Waals surface area contributed by atoms with E-state index in [9.17, 15) is 4.79 Å². The Morgan fingerprint density at radius 2 is 2.27 bits per heavy atom. The molecule has 2 rings (SSSR count). The number of nitrogens with one attached hydrogen (secondary N) is 1. The Hall–Kier alpha value is -1.32. The summed E-state index contributed by atoms with van der Waals surface area (Å²) < 4.78 is 0. The van der Waals surface area contributed by atoms with Crippen LogP contribution in [-0.4, -0.2) is 16.0 Å². The van der Waals surface area contributed by atoms with Gasteiger partial charge >= 0.3 is 0 Å². The van der Waals surface area contributed by atoms with Crippen molar-refractivity contribution >= 4 is 11.6 Å². The molecule has 1 aromatic heterocycles. The number of nitrogens with zero attached hydrogens (tertiary/aromatic N) is 1. The maximum absolute atomic E-state index is 10.9.